The summed E-state index contributed by atoms with van der Waals surface area (Å²) in [5.74, 6) is 0.447. The predicted molar refractivity (Wildman–Crippen MR) is 67.4 cm³/mol. The molecule has 1 aromatic heterocycles. The molecule has 84 valence electrons. The van der Waals surface area contributed by atoms with Crippen LogP contribution in [0.25, 0.3) is 11.1 Å². The number of hydrogen-bond acceptors (Lipinski definition) is 2. The molecule has 17 heavy (non-hydrogen) atoms. The number of aromatic nitrogens is 1. The Labute approximate surface area is 99.9 Å². The van der Waals surface area contributed by atoms with Crippen molar-refractivity contribution in [2.75, 3.05) is 5.73 Å². The van der Waals surface area contributed by atoms with Crippen LogP contribution in [-0.2, 0) is 12.8 Å². The van der Waals surface area contributed by atoms with Gasteiger partial charge in [-0.1, -0.05) is 18.2 Å². The summed E-state index contributed by atoms with van der Waals surface area (Å²) in [6, 6.07) is 8.59. The van der Waals surface area contributed by atoms with E-state index < -0.39 is 0 Å². The van der Waals surface area contributed by atoms with Crippen LogP contribution in [0.5, 0.6) is 0 Å². The number of nitriles is 1. The van der Waals surface area contributed by atoms with Gasteiger partial charge in [-0.2, -0.15) is 5.26 Å². The molecule has 3 N–H and O–H groups in total. The molecule has 0 amide bonds. The fourth-order valence-corrected chi connectivity index (χ4v) is 2.53. The fourth-order valence-electron chi connectivity index (χ4n) is 2.53. The van der Waals surface area contributed by atoms with Crippen molar-refractivity contribution in [3.05, 3.63) is 41.1 Å². The fraction of sp³-hybridized carbons (Fsp3) is 0.214. The number of aryl methyl sites for hydroxylation is 2. The van der Waals surface area contributed by atoms with E-state index in [-0.39, 0.29) is 0 Å². The molecule has 0 unspecified atom stereocenters. The van der Waals surface area contributed by atoms with Gasteiger partial charge in [-0.25, -0.2) is 0 Å². The first kappa shape index (κ1) is 9.98. The van der Waals surface area contributed by atoms with Gasteiger partial charge in [0.05, 0.1) is 0 Å². The molecule has 3 heteroatoms. The van der Waals surface area contributed by atoms with Gasteiger partial charge in [-0.15, -0.1) is 0 Å². The van der Waals surface area contributed by atoms with Gasteiger partial charge in [0.1, 0.15) is 17.5 Å². The highest BCUT2D eigenvalue weighted by Gasteiger charge is 2.14. The molecule has 3 rings (SSSR count). The molecule has 0 radical (unpaired) electrons. The van der Waals surface area contributed by atoms with E-state index in [2.05, 4.69) is 29.3 Å². The molecule has 0 atom stereocenters. The molecule has 1 aromatic carbocycles. The number of aromatic amines is 1. The summed E-state index contributed by atoms with van der Waals surface area (Å²) in [4.78, 5) is 2.91. The molecule has 1 aliphatic carbocycles. The number of H-pyrrole nitrogens is 1. The molecule has 1 heterocycles. The lowest BCUT2D eigenvalue weighted by molar-refractivity contribution is 0.912. The van der Waals surface area contributed by atoms with E-state index in [4.69, 9.17) is 11.0 Å². The molecule has 0 bridgehead atoms. The molecule has 0 saturated carbocycles. The van der Waals surface area contributed by atoms with E-state index in [0.717, 1.165) is 17.5 Å². The van der Waals surface area contributed by atoms with Crippen molar-refractivity contribution in [3.8, 4) is 17.2 Å². The van der Waals surface area contributed by atoms with Gasteiger partial charge < -0.3 is 10.7 Å². The van der Waals surface area contributed by atoms with Crippen LogP contribution in [0.15, 0.2) is 24.4 Å². The highest BCUT2D eigenvalue weighted by atomic mass is 14.8. The molecule has 0 spiro atoms. The van der Waals surface area contributed by atoms with Crippen LogP contribution in [0.4, 0.5) is 5.82 Å². The molecule has 0 aliphatic heterocycles. The van der Waals surface area contributed by atoms with Crippen LogP contribution in [0.2, 0.25) is 0 Å². The lowest BCUT2D eigenvalue weighted by Gasteiger charge is -2.03. The summed E-state index contributed by atoms with van der Waals surface area (Å²) in [7, 11) is 0. The van der Waals surface area contributed by atoms with E-state index in [1.54, 1.807) is 0 Å². The number of nitrogens with zero attached hydrogens (tertiary/aromatic N) is 1. The van der Waals surface area contributed by atoms with Crippen LogP contribution in [0.3, 0.4) is 0 Å². The highest BCUT2D eigenvalue weighted by molar-refractivity contribution is 5.76. The van der Waals surface area contributed by atoms with Gasteiger partial charge in [-0.05, 0) is 36.0 Å². The second-order valence-electron chi connectivity index (χ2n) is 4.44. The number of fused-ring (bicyclic) bond motifs is 1. The normalized spacial score (nSPS) is 13.4. The number of nitrogen functional groups attached to an aromatic ring is 1. The minimum absolute atomic E-state index is 0.447. The molecular formula is C14H13N3. The zero-order chi connectivity index (χ0) is 11.8. The lowest BCUT2D eigenvalue weighted by atomic mass is 10.00. The Morgan fingerprint density at radius 1 is 1.24 bits per heavy atom. The Balaban J connectivity index is 2.13. The second kappa shape index (κ2) is 3.67. The molecule has 0 fully saturated rings. The van der Waals surface area contributed by atoms with Gasteiger partial charge in [0.15, 0.2) is 0 Å². The Kier molecular flexibility index (Phi) is 2.15. The van der Waals surface area contributed by atoms with Crippen molar-refractivity contribution in [2.24, 2.45) is 0 Å². The number of hydrogen-bond donors (Lipinski definition) is 2. The van der Waals surface area contributed by atoms with E-state index in [0.29, 0.717) is 11.4 Å². The summed E-state index contributed by atoms with van der Waals surface area (Å²) >= 11 is 0. The van der Waals surface area contributed by atoms with Gasteiger partial charge >= 0.3 is 0 Å². The van der Waals surface area contributed by atoms with Gasteiger partial charge in [0.25, 0.3) is 0 Å². The Bertz CT molecular complexity index is 617. The first-order valence-corrected chi connectivity index (χ1v) is 5.78. The third kappa shape index (κ3) is 1.50. The number of nitrogens with one attached hydrogen (secondary N) is 1. The molecule has 3 nitrogen and oxygen atoms in total. The quantitative estimate of drug-likeness (QED) is 0.780. The van der Waals surface area contributed by atoms with Crippen LogP contribution in [-0.4, -0.2) is 4.98 Å². The Hall–Kier alpha value is -2.21. The zero-order valence-corrected chi connectivity index (χ0v) is 9.46. The standard InChI is InChI=1S/C14H13N3/c15-7-12-13(8-17-14(12)16)11-5-4-9-2-1-3-10(9)6-11/h4-6,8,17H,1-3,16H2. The average molecular weight is 223 g/mol. The van der Waals surface area contributed by atoms with Crippen LogP contribution < -0.4 is 5.73 Å². The maximum atomic E-state index is 9.09. The third-order valence-corrected chi connectivity index (χ3v) is 3.43. The van der Waals surface area contributed by atoms with Crippen LogP contribution in [0.1, 0.15) is 23.1 Å². The van der Waals surface area contributed by atoms with Gasteiger partial charge in [-0.3, -0.25) is 0 Å². The third-order valence-electron chi connectivity index (χ3n) is 3.43. The molecule has 2 aromatic rings. The number of anilines is 1. The minimum atomic E-state index is 0.447. The molecular weight excluding hydrogens is 210 g/mol. The van der Waals surface area contributed by atoms with Crippen LogP contribution in [0, 0.1) is 11.3 Å². The maximum Gasteiger partial charge on any atom is 0.119 e. The first-order valence-electron chi connectivity index (χ1n) is 5.78. The second-order valence-corrected chi connectivity index (χ2v) is 4.44. The predicted octanol–water partition coefficient (Wildman–Crippen LogP) is 2.62. The van der Waals surface area contributed by atoms with Gasteiger partial charge in [0, 0.05) is 11.8 Å². The maximum absolute atomic E-state index is 9.09. The molecule has 1 aliphatic rings. The zero-order valence-electron chi connectivity index (χ0n) is 9.46. The first-order chi connectivity index (χ1) is 8.29. The Morgan fingerprint density at radius 2 is 2.06 bits per heavy atom. The topological polar surface area (TPSA) is 65.6 Å². The summed E-state index contributed by atoms with van der Waals surface area (Å²) in [6.45, 7) is 0. The summed E-state index contributed by atoms with van der Waals surface area (Å²) in [5.41, 5.74) is 11.1. The van der Waals surface area contributed by atoms with Crippen molar-refractivity contribution >= 4 is 5.82 Å². The van der Waals surface area contributed by atoms with Crippen molar-refractivity contribution < 1.29 is 0 Å². The van der Waals surface area contributed by atoms with Gasteiger partial charge in [0.2, 0.25) is 0 Å². The monoisotopic (exact) mass is 223 g/mol. The van der Waals surface area contributed by atoms with E-state index >= 15 is 0 Å². The smallest absolute Gasteiger partial charge is 0.119 e. The number of nitrogens with two attached hydrogens (primary N) is 1. The number of benzene rings is 1. The summed E-state index contributed by atoms with van der Waals surface area (Å²) in [5, 5.41) is 9.09. The van der Waals surface area contributed by atoms with Crippen molar-refractivity contribution in [1.29, 1.82) is 5.26 Å². The van der Waals surface area contributed by atoms with Crippen LogP contribution >= 0.6 is 0 Å². The minimum Gasteiger partial charge on any atom is -0.384 e. The van der Waals surface area contributed by atoms with Crippen molar-refractivity contribution in [3.63, 3.8) is 0 Å². The van der Waals surface area contributed by atoms with E-state index in [9.17, 15) is 0 Å². The van der Waals surface area contributed by atoms with E-state index in [1.807, 2.05) is 6.20 Å². The Morgan fingerprint density at radius 3 is 2.88 bits per heavy atom. The lowest BCUT2D eigenvalue weighted by Crippen LogP contribution is -1.89. The summed E-state index contributed by atoms with van der Waals surface area (Å²) in [6.07, 6.45) is 5.37. The SMILES string of the molecule is N#Cc1c(-c2ccc3c(c2)CCC3)c[nH]c1N. The van der Waals surface area contributed by atoms with E-state index in [1.165, 1.54) is 24.0 Å². The average Bonchev–Trinajstić information content (AvgIpc) is 2.93. The number of rotatable bonds is 1. The van der Waals surface area contributed by atoms with Crippen molar-refractivity contribution in [2.45, 2.75) is 19.3 Å². The highest BCUT2D eigenvalue weighted by Crippen LogP contribution is 2.31. The molecule has 0 saturated heterocycles. The summed E-state index contributed by atoms with van der Waals surface area (Å²) < 4.78 is 0. The largest absolute Gasteiger partial charge is 0.384 e. The van der Waals surface area contributed by atoms with Crippen molar-refractivity contribution in [1.82, 2.24) is 4.98 Å².